The second kappa shape index (κ2) is 8.75. The number of nitrogens with zero attached hydrogens (tertiary/aromatic N) is 4. The number of rotatable bonds is 9. The molecule has 0 radical (unpaired) electrons. The Labute approximate surface area is 174 Å². The summed E-state index contributed by atoms with van der Waals surface area (Å²) < 4.78 is 4.90. The van der Waals surface area contributed by atoms with Crippen molar-refractivity contribution < 1.29 is 9.90 Å². The van der Waals surface area contributed by atoms with Crippen LogP contribution in [0.15, 0.2) is 9.59 Å². The van der Waals surface area contributed by atoms with Crippen LogP contribution < -0.4 is 16.6 Å². The van der Waals surface area contributed by atoms with Gasteiger partial charge in [-0.3, -0.25) is 18.7 Å². The highest BCUT2D eigenvalue weighted by atomic mass is 16.4. The third-order valence-electron chi connectivity index (χ3n) is 6.41. The van der Waals surface area contributed by atoms with Crippen LogP contribution in [0.25, 0.3) is 11.2 Å². The maximum atomic E-state index is 13.1. The second-order valence-corrected chi connectivity index (χ2v) is 8.68. The van der Waals surface area contributed by atoms with Gasteiger partial charge in [0.15, 0.2) is 5.52 Å². The summed E-state index contributed by atoms with van der Waals surface area (Å²) in [5.41, 5.74) is 0.289. The molecule has 1 aliphatic carbocycles. The smallest absolute Gasteiger partial charge is 0.332 e. The van der Waals surface area contributed by atoms with Gasteiger partial charge < -0.3 is 15.0 Å². The fourth-order valence-electron chi connectivity index (χ4n) is 4.56. The van der Waals surface area contributed by atoms with Crippen LogP contribution in [0.3, 0.4) is 0 Å². The van der Waals surface area contributed by atoms with E-state index in [9.17, 15) is 14.4 Å². The molecular weight excluding hydrogens is 386 g/mol. The molecule has 2 aromatic rings. The van der Waals surface area contributed by atoms with Crippen molar-refractivity contribution in [3.63, 3.8) is 0 Å². The van der Waals surface area contributed by atoms with Gasteiger partial charge in [-0.15, -0.1) is 0 Å². The zero-order valence-corrected chi connectivity index (χ0v) is 17.6. The van der Waals surface area contributed by atoms with Crippen LogP contribution in [-0.2, 0) is 24.8 Å². The highest BCUT2D eigenvalue weighted by molar-refractivity contribution is 5.71. The molecule has 0 aromatic carbocycles. The van der Waals surface area contributed by atoms with Gasteiger partial charge in [0, 0.05) is 32.5 Å². The first-order valence-electron chi connectivity index (χ1n) is 11.1. The van der Waals surface area contributed by atoms with Crippen molar-refractivity contribution in [2.45, 2.75) is 70.4 Å². The predicted octanol–water partition coefficient (Wildman–Crippen LogP) is 1.42. The molecule has 164 valence electrons. The lowest BCUT2D eigenvalue weighted by molar-refractivity contribution is -0.137. The Hall–Kier alpha value is -2.42. The van der Waals surface area contributed by atoms with Crippen LogP contribution in [0, 0.1) is 5.92 Å². The number of fused-ring (bicyclic) bond motifs is 1. The van der Waals surface area contributed by atoms with Crippen LogP contribution in [0.5, 0.6) is 0 Å². The minimum atomic E-state index is -0.868. The minimum Gasteiger partial charge on any atom is -0.481 e. The number of carboxylic acids is 1. The second-order valence-electron chi connectivity index (χ2n) is 8.68. The summed E-state index contributed by atoms with van der Waals surface area (Å²) in [6, 6.07) is 0.328. The van der Waals surface area contributed by atoms with Crippen molar-refractivity contribution in [1.82, 2.24) is 24.0 Å². The molecule has 4 rings (SSSR count). The lowest BCUT2D eigenvalue weighted by Gasteiger charge is -2.22. The fourth-order valence-corrected chi connectivity index (χ4v) is 4.56. The van der Waals surface area contributed by atoms with Gasteiger partial charge in [-0.2, -0.15) is 0 Å². The molecule has 9 heteroatoms. The number of piperidine rings is 1. The van der Waals surface area contributed by atoms with E-state index in [-0.39, 0.29) is 24.2 Å². The number of carboxylic acid groups (broad SMARTS) is 1. The molecule has 9 nitrogen and oxygen atoms in total. The standard InChI is InChI=1S/C21H31N5O4/c1-24-19-18(20(29)25(21(24)30)13-3-2-4-17(27)28)23-16(26(19)15-6-7-15)8-5-14-9-11-22-12-10-14/h14-15,22H,2-13H2,1H3,(H,27,28). The number of imidazole rings is 1. The molecule has 0 spiro atoms. The number of carbonyl (C=O) groups is 1. The molecule has 0 unspecified atom stereocenters. The van der Waals surface area contributed by atoms with Crippen LogP contribution in [0.1, 0.15) is 63.2 Å². The molecule has 30 heavy (non-hydrogen) atoms. The van der Waals surface area contributed by atoms with Crippen LogP contribution in [0.4, 0.5) is 0 Å². The summed E-state index contributed by atoms with van der Waals surface area (Å²) in [6.45, 7) is 2.34. The Morgan fingerprint density at radius 3 is 2.57 bits per heavy atom. The van der Waals surface area contributed by atoms with Gasteiger partial charge in [0.2, 0.25) is 0 Å². The number of hydrogen-bond donors (Lipinski definition) is 2. The van der Waals surface area contributed by atoms with Gasteiger partial charge in [-0.1, -0.05) is 0 Å². The van der Waals surface area contributed by atoms with E-state index in [1.54, 1.807) is 11.6 Å². The van der Waals surface area contributed by atoms with Crippen LogP contribution in [0.2, 0.25) is 0 Å². The highest BCUT2D eigenvalue weighted by Gasteiger charge is 2.31. The Morgan fingerprint density at radius 1 is 1.17 bits per heavy atom. The summed E-state index contributed by atoms with van der Waals surface area (Å²) in [6.07, 6.45) is 7.26. The van der Waals surface area contributed by atoms with Crippen molar-refractivity contribution in [3.8, 4) is 0 Å². The molecule has 2 N–H and O–H groups in total. The van der Waals surface area contributed by atoms with Crippen molar-refractivity contribution in [1.29, 1.82) is 0 Å². The summed E-state index contributed by atoms with van der Waals surface area (Å²) in [4.78, 5) is 41.4. The number of aromatic nitrogens is 4. The third-order valence-corrected chi connectivity index (χ3v) is 6.41. The molecule has 0 bridgehead atoms. The zero-order valence-electron chi connectivity index (χ0n) is 17.6. The van der Waals surface area contributed by atoms with Crippen molar-refractivity contribution >= 4 is 17.1 Å². The van der Waals surface area contributed by atoms with E-state index in [0.717, 1.165) is 44.6 Å². The number of unbranched alkanes of at least 4 members (excludes halogenated alkanes) is 1. The Bertz CT molecular complexity index is 1040. The molecule has 0 amide bonds. The first-order chi connectivity index (χ1) is 14.5. The zero-order chi connectivity index (χ0) is 21.3. The predicted molar refractivity (Wildman–Crippen MR) is 113 cm³/mol. The Morgan fingerprint density at radius 2 is 1.90 bits per heavy atom. The molecule has 1 saturated heterocycles. The van der Waals surface area contributed by atoms with Gasteiger partial charge >= 0.3 is 11.7 Å². The van der Waals surface area contributed by atoms with Gasteiger partial charge in [0.25, 0.3) is 5.56 Å². The summed E-state index contributed by atoms with van der Waals surface area (Å²) in [5, 5.41) is 12.2. The van der Waals surface area contributed by atoms with E-state index >= 15 is 0 Å². The average Bonchev–Trinajstić information content (AvgIpc) is 3.50. The van der Waals surface area contributed by atoms with Crippen LogP contribution in [-0.4, -0.2) is 42.9 Å². The van der Waals surface area contributed by atoms with E-state index in [4.69, 9.17) is 10.1 Å². The summed E-state index contributed by atoms with van der Waals surface area (Å²) in [5.74, 6) is 0.724. The van der Waals surface area contributed by atoms with Gasteiger partial charge in [0.1, 0.15) is 11.5 Å². The van der Waals surface area contributed by atoms with Crippen molar-refractivity contribution in [2.75, 3.05) is 13.1 Å². The Balaban J connectivity index is 1.64. The molecule has 2 aromatic heterocycles. The third kappa shape index (κ3) is 4.21. The molecule has 1 aliphatic heterocycles. The molecule has 2 fully saturated rings. The van der Waals surface area contributed by atoms with Crippen molar-refractivity contribution in [2.24, 2.45) is 13.0 Å². The minimum absolute atomic E-state index is 0.0362. The van der Waals surface area contributed by atoms with E-state index in [1.807, 2.05) is 0 Å². The van der Waals surface area contributed by atoms with E-state index < -0.39 is 5.97 Å². The normalized spacial score (nSPS) is 17.6. The first-order valence-corrected chi connectivity index (χ1v) is 11.1. The largest absolute Gasteiger partial charge is 0.481 e. The lowest BCUT2D eigenvalue weighted by Crippen LogP contribution is -2.39. The number of aryl methyl sites for hydroxylation is 2. The average molecular weight is 418 g/mol. The summed E-state index contributed by atoms with van der Waals surface area (Å²) in [7, 11) is 1.70. The van der Waals surface area contributed by atoms with Crippen molar-refractivity contribution in [3.05, 3.63) is 26.7 Å². The molecule has 1 saturated carbocycles. The number of aliphatic carboxylic acids is 1. The SMILES string of the molecule is Cn1c(=O)n(CCCCC(=O)O)c(=O)c2nc(CCC3CCNCC3)n(C3CC3)c21. The molecular formula is C21H31N5O4. The summed E-state index contributed by atoms with van der Waals surface area (Å²) >= 11 is 0. The quantitative estimate of drug-likeness (QED) is 0.597. The molecule has 2 aliphatic rings. The van der Waals surface area contributed by atoms with E-state index in [2.05, 4.69) is 9.88 Å². The van der Waals surface area contributed by atoms with Crippen LogP contribution >= 0.6 is 0 Å². The first kappa shape index (κ1) is 20.8. The maximum absolute atomic E-state index is 13.1. The van der Waals surface area contributed by atoms with Gasteiger partial charge in [0.05, 0.1) is 0 Å². The van der Waals surface area contributed by atoms with Gasteiger partial charge in [-0.05, 0) is 64.0 Å². The van der Waals surface area contributed by atoms with E-state index in [1.165, 1.54) is 17.4 Å². The maximum Gasteiger partial charge on any atom is 0.332 e. The van der Waals surface area contributed by atoms with Gasteiger partial charge in [-0.25, -0.2) is 9.78 Å². The molecule has 3 heterocycles. The van der Waals surface area contributed by atoms with E-state index in [0.29, 0.717) is 36.0 Å². The Kier molecular flexibility index (Phi) is 6.08. The monoisotopic (exact) mass is 417 g/mol. The highest BCUT2D eigenvalue weighted by Crippen LogP contribution is 2.38. The fraction of sp³-hybridized carbons (Fsp3) is 0.714. The molecule has 0 atom stereocenters. The lowest BCUT2D eigenvalue weighted by atomic mass is 9.93. The topological polar surface area (TPSA) is 111 Å². The number of hydrogen-bond acceptors (Lipinski definition) is 5. The number of nitrogens with one attached hydrogen (secondary N) is 1.